The van der Waals surface area contributed by atoms with Crippen LogP contribution in [0.2, 0.25) is 0 Å². The Bertz CT molecular complexity index is 297. The predicted octanol–water partition coefficient (Wildman–Crippen LogP) is 0.866. The fraction of sp³-hybridized carbons (Fsp3) is 0.250. The van der Waals surface area contributed by atoms with Crippen LogP contribution in [0.3, 0.4) is 0 Å². The number of nitrogens with two attached hydrogens (primary N) is 1. The van der Waals surface area contributed by atoms with Crippen LogP contribution in [0, 0.1) is 0 Å². The minimum Gasteiger partial charge on any atom is -0.452 e. The largest absolute Gasteiger partial charge is 0.452 e. The first-order valence-corrected chi connectivity index (χ1v) is 3.68. The van der Waals surface area contributed by atoms with Gasteiger partial charge in [-0.3, -0.25) is 4.90 Å². The van der Waals surface area contributed by atoms with E-state index in [4.69, 9.17) is 5.73 Å². The molecule has 0 fully saturated rings. The second kappa shape index (κ2) is 3.75. The summed E-state index contributed by atoms with van der Waals surface area (Å²) < 4.78 is 4.51. The lowest BCUT2D eigenvalue weighted by Crippen LogP contribution is -2.26. The first kappa shape index (κ1) is 9.31. The number of carbonyl (C=O) groups excluding carboxylic acids is 1. The van der Waals surface area contributed by atoms with Crippen LogP contribution in [-0.2, 0) is 4.74 Å². The Hall–Kier alpha value is -1.78. The number of ether oxygens (including phenoxy) is 1. The van der Waals surface area contributed by atoms with E-state index in [0.717, 1.165) is 0 Å². The average molecular weight is 181 g/mol. The molecule has 0 saturated carbocycles. The second-order valence-corrected chi connectivity index (χ2v) is 2.48. The number of pyridine rings is 1. The topological polar surface area (TPSA) is 68.5 Å². The third kappa shape index (κ3) is 2.08. The Labute approximate surface area is 76.1 Å². The van der Waals surface area contributed by atoms with E-state index >= 15 is 0 Å². The second-order valence-electron chi connectivity index (χ2n) is 2.48. The number of nitrogens with zero attached hydrogens (tertiary/aromatic N) is 2. The van der Waals surface area contributed by atoms with Gasteiger partial charge < -0.3 is 10.5 Å². The van der Waals surface area contributed by atoms with Crippen molar-refractivity contribution < 1.29 is 9.53 Å². The molecular formula is C8H11N3O2. The van der Waals surface area contributed by atoms with Crippen LogP contribution in [0.25, 0.3) is 0 Å². The molecule has 1 aromatic heterocycles. The van der Waals surface area contributed by atoms with Crippen molar-refractivity contribution in [2.24, 2.45) is 0 Å². The fourth-order valence-corrected chi connectivity index (χ4v) is 0.826. The molecule has 5 nitrogen and oxygen atoms in total. The van der Waals surface area contributed by atoms with Crippen molar-refractivity contribution in [1.29, 1.82) is 0 Å². The molecule has 13 heavy (non-hydrogen) atoms. The number of hydrogen-bond donors (Lipinski definition) is 1. The molecule has 1 heterocycles. The van der Waals surface area contributed by atoms with Crippen LogP contribution >= 0.6 is 0 Å². The van der Waals surface area contributed by atoms with E-state index in [1.807, 2.05) is 0 Å². The summed E-state index contributed by atoms with van der Waals surface area (Å²) in [6.45, 7) is 0. The number of amides is 1. The van der Waals surface area contributed by atoms with Crippen molar-refractivity contribution in [3.8, 4) is 0 Å². The summed E-state index contributed by atoms with van der Waals surface area (Å²) >= 11 is 0. The summed E-state index contributed by atoms with van der Waals surface area (Å²) in [5, 5.41) is 0. The molecule has 1 amide bonds. The van der Waals surface area contributed by atoms with Gasteiger partial charge in [0.05, 0.1) is 19.0 Å². The summed E-state index contributed by atoms with van der Waals surface area (Å²) in [5.74, 6) is 0.501. The van der Waals surface area contributed by atoms with Gasteiger partial charge in [-0.1, -0.05) is 0 Å². The van der Waals surface area contributed by atoms with Gasteiger partial charge >= 0.3 is 6.09 Å². The van der Waals surface area contributed by atoms with Gasteiger partial charge in [0.1, 0.15) is 5.82 Å². The van der Waals surface area contributed by atoms with Gasteiger partial charge in [0.15, 0.2) is 0 Å². The number of rotatable bonds is 1. The Kier molecular flexibility index (Phi) is 2.69. The molecule has 0 atom stereocenters. The van der Waals surface area contributed by atoms with Crippen LogP contribution in [0.15, 0.2) is 18.3 Å². The van der Waals surface area contributed by atoms with Gasteiger partial charge in [0.2, 0.25) is 0 Å². The SMILES string of the molecule is COC(=O)N(C)c1ccc(N)cn1. The molecule has 0 saturated heterocycles. The van der Waals surface area contributed by atoms with Crippen LogP contribution in [-0.4, -0.2) is 25.2 Å². The van der Waals surface area contributed by atoms with Crippen LogP contribution < -0.4 is 10.6 Å². The van der Waals surface area contributed by atoms with Gasteiger partial charge in [-0.05, 0) is 12.1 Å². The zero-order valence-electron chi connectivity index (χ0n) is 7.52. The molecule has 0 aliphatic rings. The lowest BCUT2D eigenvalue weighted by atomic mass is 10.4. The van der Waals surface area contributed by atoms with Crippen LogP contribution in [0.1, 0.15) is 0 Å². The first-order valence-electron chi connectivity index (χ1n) is 3.68. The van der Waals surface area contributed by atoms with Crippen LogP contribution in [0.4, 0.5) is 16.3 Å². The third-order valence-corrected chi connectivity index (χ3v) is 1.56. The van der Waals surface area contributed by atoms with E-state index in [9.17, 15) is 4.79 Å². The van der Waals surface area contributed by atoms with E-state index in [0.29, 0.717) is 11.5 Å². The number of aromatic nitrogens is 1. The summed E-state index contributed by atoms with van der Waals surface area (Å²) in [4.78, 5) is 16.3. The number of hydrogen-bond acceptors (Lipinski definition) is 4. The lowest BCUT2D eigenvalue weighted by Gasteiger charge is -2.13. The van der Waals surface area contributed by atoms with Gasteiger partial charge in [0.25, 0.3) is 0 Å². The maximum Gasteiger partial charge on any atom is 0.414 e. The van der Waals surface area contributed by atoms with E-state index in [-0.39, 0.29) is 0 Å². The van der Waals surface area contributed by atoms with Crippen molar-refractivity contribution in [1.82, 2.24) is 4.98 Å². The summed E-state index contributed by atoms with van der Waals surface area (Å²) in [6, 6.07) is 3.31. The molecular weight excluding hydrogens is 170 g/mol. The quantitative estimate of drug-likeness (QED) is 0.697. The van der Waals surface area contributed by atoms with E-state index in [1.165, 1.54) is 18.2 Å². The Morgan fingerprint density at radius 1 is 1.62 bits per heavy atom. The highest BCUT2D eigenvalue weighted by molar-refractivity contribution is 5.85. The highest BCUT2D eigenvalue weighted by atomic mass is 16.5. The molecule has 0 aromatic carbocycles. The molecule has 2 N–H and O–H groups in total. The Morgan fingerprint density at radius 2 is 2.31 bits per heavy atom. The molecule has 5 heteroatoms. The molecule has 0 bridgehead atoms. The number of nitrogen functional groups attached to an aromatic ring is 1. The van der Waals surface area contributed by atoms with Crippen molar-refractivity contribution in [3.63, 3.8) is 0 Å². The average Bonchev–Trinajstić information content (AvgIpc) is 2.17. The number of carbonyl (C=O) groups is 1. The van der Waals surface area contributed by atoms with Gasteiger partial charge in [-0.15, -0.1) is 0 Å². The number of methoxy groups -OCH3 is 1. The minimum absolute atomic E-state index is 0.461. The van der Waals surface area contributed by atoms with Crippen molar-refractivity contribution in [2.75, 3.05) is 24.8 Å². The summed E-state index contributed by atoms with van der Waals surface area (Å²) in [7, 11) is 2.89. The van der Waals surface area contributed by atoms with Crippen molar-refractivity contribution in [3.05, 3.63) is 18.3 Å². The van der Waals surface area contributed by atoms with Crippen LogP contribution in [0.5, 0.6) is 0 Å². The van der Waals surface area contributed by atoms with E-state index < -0.39 is 6.09 Å². The van der Waals surface area contributed by atoms with Crippen molar-refractivity contribution >= 4 is 17.6 Å². The zero-order valence-corrected chi connectivity index (χ0v) is 7.52. The summed E-state index contributed by atoms with van der Waals surface area (Å²) in [5.41, 5.74) is 6.00. The first-order chi connectivity index (χ1) is 6.15. The van der Waals surface area contributed by atoms with E-state index in [1.54, 1.807) is 19.2 Å². The normalized spacial score (nSPS) is 9.38. The Morgan fingerprint density at radius 3 is 2.77 bits per heavy atom. The van der Waals surface area contributed by atoms with Gasteiger partial charge in [-0.2, -0.15) is 0 Å². The molecule has 0 spiro atoms. The third-order valence-electron chi connectivity index (χ3n) is 1.56. The molecule has 1 rings (SSSR count). The highest BCUT2D eigenvalue weighted by Gasteiger charge is 2.10. The van der Waals surface area contributed by atoms with Gasteiger partial charge in [0, 0.05) is 7.05 Å². The lowest BCUT2D eigenvalue weighted by molar-refractivity contribution is 0.180. The number of anilines is 2. The Balaban J connectivity index is 2.83. The van der Waals surface area contributed by atoms with E-state index in [2.05, 4.69) is 9.72 Å². The predicted molar refractivity (Wildman–Crippen MR) is 49.5 cm³/mol. The smallest absolute Gasteiger partial charge is 0.414 e. The minimum atomic E-state index is -0.461. The molecule has 0 aliphatic carbocycles. The van der Waals surface area contributed by atoms with Gasteiger partial charge in [-0.25, -0.2) is 9.78 Å². The molecule has 0 radical (unpaired) electrons. The zero-order chi connectivity index (χ0) is 9.84. The molecule has 1 aromatic rings. The monoisotopic (exact) mass is 181 g/mol. The highest BCUT2D eigenvalue weighted by Crippen LogP contribution is 2.10. The van der Waals surface area contributed by atoms with Crippen molar-refractivity contribution in [2.45, 2.75) is 0 Å². The summed E-state index contributed by atoms with van der Waals surface area (Å²) in [6.07, 6.45) is 1.02. The standard InChI is InChI=1S/C8H11N3O2/c1-11(8(12)13-2)7-4-3-6(9)5-10-7/h3-5H,9H2,1-2H3. The fourth-order valence-electron chi connectivity index (χ4n) is 0.826. The molecule has 0 aliphatic heterocycles. The molecule has 70 valence electrons. The molecule has 0 unspecified atom stereocenters. The maximum atomic E-state index is 11.0. The maximum absolute atomic E-state index is 11.0.